The molecule has 0 spiro atoms. The molecule has 0 aliphatic carbocycles. The third kappa shape index (κ3) is 3.08. The summed E-state index contributed by atoms with van der Waals surface area (Å²) in [5, 5.41) is 0. The van der Waals surface area contributed by atoms with Crippen molar-refractivity contribution in [2.75, 3.05) is 21.2 Å². The molecule has 0 aliphatic heterocycles. The first kappa shape index (κ1) is 16.0. The van der Waals surface area contributed by atoms with Gasteiger partial charge in [0.2, 0.25) is 5.91 Å². The van der Waals surface area contributed by atoms with E-state index in [4.69, 9.17) is 4.74 Å². The van der Waals surface area contributed by atoms with Crippen LogP contribution in [-0.2, 0) is 11.2 Å². The number of carbonyl (C=O) groups is 1. The van der Waals surface area contributed by atoms with Crippen LogP contribution in [0.3, 0.4) is 0 Å². The van der Waals surface area contributed by atoms with Crippen LogP contribution in [0.25, 0.3) is 22.4 Å². The number of fused-ring (bicyclic) bond motifs is 1. The summed E-state index contributed by atoms with van der Waals surface area (Å²) in [5.41, 5.74) is 4.53. The van der Waals surface area contributed by atoms with E-state index in [2.05, 4.69) is 15.0 Å². The monoisotopic (exact) mass is 324 g/mol. The lowest BCUT2D eigenvalue weighted by molar-refractivity contribution is -0.128. The highest BCUT2D eigenvalue weighted by molar-refractivity contribution is 5.86. The van der Waals surface area contributed by atoms with Gasteiger partial charge in [-0.15, -0.1) is 0 Å². The van der Waals surface area contributed by atoms with Gasteiger partial charge in [0.15, 0.2) is 5.65 Å². The Morgan fingerprint density at radius 1 is 1.17 bits per heavy atom. The average molecular weight is 324 g/mol. The summed E-state index contributed by atoms with van der Waals surface area (Å²) >= 11 is 0. The highest BCUT2D eigenvalue weighted by Crippen LogP contribution is 2.30. The normalized spacial score (nSPS) is 10.8. The van der Waals surface area contributed by atoms with Crippen molar-refractivity contribution in [1.29, 1.82) is 0 Å². The minimum atomic E-state index is 0.0916. The van der Waals surface area contributed by atoms with Crippen molar-refractivity contribution in [3.63, 3.8) is 0 Å². The molecule has 0 bridgehead atoms. The Morgan fingerprint density at radius 3 is 2.54 bits per heavy atom. The topological polar surface area (TPSA) is 71.1 Å². The molecule has 3 aromatic rings. The Bertz CT molecular complexity index is 853. The molecule has 1 amide bonds. The van der Waals surface area contributed by atoms with Crippen molar-refractivity contribution in [3.05, 3.63) is 42.2 Å². The van der Waals surface area contributed by atoms with E-state index in [-0.39, 0.29) is 5.91 Å². The molecule has 0 fully saturated rings. The van der Waals surface area contributed by atoms with E-state index in [9.17, 15) is 4.79 Å². The van der Waals surface area contributed by atoms with Crippen molar-refractivity contribution < 1.29 is 9.53 Å². The van der Waals surface area contributed by atoms with Crippen LogP contribution < -0.4 is 4.74 Å². The number of hydrogen-bond donors (Lipinski definition) is 1. The minimum Gasteiger partial charge on any atom is -0.497 e. The number of amides is 1. The first-order chi connectivity index (χ1) is 11.6. The van der Waals surface area contributed by atoms with Gasteiger partial charge in [-0.1, -0.05) is 0 Å². The van der Waals surface area contributed by atoms with Gasteiger partial charge in [0.05, 0.1) is 12.8 Å². The van der Waals surface area contributed by atoms with E-state index < -0.39 is 0 Å². The summed E-state index contributed by atoms with van der Waals surface area (Å²) in [7, 11) is 5.17. The molecule has 0 saturated carbocycles. The van der Waals surface area contributed by atoms with Crippen molar-refractivity contribution in [3.8, 4) is 17.0 Å². The van der Waals surface area contributed by atoms with E-state index >= 15 is 0 Å². The van der Waals surface area contributed by atoms with Gasteiger partial charge in [-0.2, -0.15) is 0 Å². The van der Waals surface area contributed by atoms with Crippen LogP contribution in [-0.4, -0.2) is 47.0 Å². The molecule has 3 rings (SSSR count). The highest BCUT2D eigenvalue weighted by Gasteiger charge is 2.16. The van der Waals surface area contributed by atoms with Gasteiger partial charge in [-0.25, -0.2) is 4.98 Å². The fourth-order valence-electron chi connectivity index (χ4n) is 2.67. The number of methoxy groups -OCH3 is 1. The second-order valence-corrected chi connectivity index (χ2v) is 5.75. The molecule has 0 unspecified atom stereocenters. The molecule has 6 heteroatoms. The fourth-order valence-corrected chi connectivity index (χ4v) is 2.67. The van der Waals surface area contributed by atoms with Crippen LogP contribution in [0.5, 0.6) is 5.75 Å². The lowest BCUT2D eigenvalue weighted by Crippen LogP contribution is -2.21. The Hall–Kier alpha value is -2.89. The zero-order valence-corrected chi connectivity index (χ0v) is 14.0. The number of carbonyl (C=O) groups excluding carboxylic acids is 1. The zero-order valence-electron chi connectivity index (χ0n) is 14.0. The van der Waals surface area contributed by atoms with Gasteiger partial charge in [-0.05, 0) is 36.2 Å². The fraction of sp³-hybridized carbons (Fsp3) is 0.278. The Morgan fingerprint density at radius 2 is 1.88 bits per heavy atom. The number of aromatic nitrogens is 3. The summed E-state index contributed by atoms with van der Waals surface area (Å²) < 4.78 is 5.21. The Labute approximate surface area is 140 Å². The SMILES string of the molecule is COc1ccc(-c2[nH]c3nccnc3c2CCC(=O)N(C)C)cc1. The van der Waals surface area contributed by atoms with Gasteiger partial charge < -0.3 is 14.6 Å². The molecular formula is C18H20N4O2. The smallest absolute Gasteiger partial charge is 0.222 e. The Balaban J connectivity index is 2.02. The number of H-pyrrole nitrogens is 1. The van der Waals surface area contributed by atoms with E-state index in [0.29, 0.717) is 12.8 Å². The summed E-state index contributed by atoms with van der Waals surface area (Å²) in [6.07, 6.45) is 4.37. The van der Waals surface area contributed by atoms with Crippen LogP contribution >= 0.6 is 0 Å². The van der Waals surface area contributed by atoms with Gasteiger partial charge in [0.25, 0.3) is 0 Å². The van der Waals surface area contributed by atoms with E-state index in [1.54, 1.807) is 38.5 Å². The van der Waals surface area contributed by atoms with Crippen molar-refractivity contribution in [1.82, 2.24) is 19.9 Å². The quantitative estimate of drug-likeness (QED) is 0.783. The lowest BCUT2D eigenvalue weighted by Gasteiger charge is -2.10. The number of aromatic amines is 1. The molecule has 24 heavy (non-hydrogen) atoms. The van der Waals surface area contributed by atoms with Crippen molar-refractivity contribution in [2.24, 2.45) is 0 Å². The van der Waals surface area contributed by atoms with Crippen LogP contribution in [0, 0.1) is 0 Å². The van der Waals surface area contributed by atoms with Gasteiger partial charge >= 0.3 is 0 Å². The third-order valence-corrected chi connectivity index (χ3v) is 4.00. The van der Waals surface area contributed by atoms with Gasteiger partial charge in [-0.3, -0.25) is 9.78 Å². The molecule has 1 N–H and O–H groups in total. The first-order valence-electron chi connectivity index (χ1n) is 7.76. The van der Waals surface area contributed by atoms with Crippen LogP contribution in [0.15, 0.2) is 36.7 Å². The van der Waals surface area contributed by atoms with E-state index in [1.807, 2.05) is 24.3 Å². The third-order valence-electron chi connectivity index (χ3n) is 4.00. The summed E-state index contributed by atoms with van der Waals surface area (Å²) in [4.78, 5) is 25.7. The second kappa shape index (κ2) is 6.70. The maximum absolute atomic E-state index is 12.0. The van der Waals surface area contributed by atoms with Gasteiger partial charge in [0, 0.05) is 38.5 Å². The number of hydrogen-bond acceptors (Lipinski definition) is 4. The molecule has 0 aliphatic rings. The largest absolute Gasteiger partial charge is 0.497 e. The van der Waals surface area contributed by atoms with Crippen molar-refractivity contribution in [2.45, 2.75) is 12.8 Å². The number of nitrogens with one attached hydrogen (secondary N) is 1. The number of ether oxygens (including phenoxy) is 1. The summed E-state index contributed by atoms with van der Waals surface area (Å²) in [6.45, 7) is 0. The van der Waals surface area contributed by atoms with Crippen LogP contribution in [0.2, 0.25) is 0 Å². The van der Waals surface area contributed by atoms with E-state index in [1.165, 1.54) is 0 Å². The van der Waals surface area contributed by atoms with Crippen LogP contribution in [0.1, 0.15) is 12.0 Å². The highest BCUT2D eigenvalue weighted by atomic mass is 16.5. The number of rotatable bonds is 5. The predicted octanol–water partition coefficient (Wildman–Crippen LogP) is 2.65. The summed E-state index contributed by atoms with van der Waals surface area (Å²) in [5.74, 6) is 0.893. The maximum Gasteiger partial charge on any atom is 0.222 e. The number of benzene rings is 1. The van der Waals surface area contributed by atoms with Crippen molar-refractivity contribution >= 4 is 17.1 Å². The standard InChI is InChI=1S/C18H20N4O2/c1-22(2)15(23)9-8-14-16(12-4-6-13(24-3)7-5-12)21-18-17(14)19-10-11-20-18/h4-7,10-11H,8-9H2,1-3H3,(H,20,21). The molecule has 2 aromatic heterocycles. The second-order valence-electron chi connectivity index (χ2n) is 5.75. The number of nitrogens with zero attached hydrogens (tertiary/aromatic N) is 3. The summed E-state index contributed by atoms with van der Waals surface area (Å²) in [6, 6.07) is 7.80. The van der Waals surface area contributed by atoms with Crippen LogP contribution in [0.4, 0.5) is 0 Å². The zero-order chi connectivity index (χ0) is 17.1. The lowest BCUT2D eigenvalue weighted by atomic mass is 10.0. The molecule has 0 atom stereocenters. The van der Waals surface area contributed by atoms with Gasteiger partial charge in [0.1, 0.15) is 11.3 Å². The first-order valence-corrected chi connectivity index (χ1v) is 7.76. The maximum atomic E-state index is 12.0. The Kier molecular flexibility index (Phi) is 4.46. The average Bonchev–Trinajstić information content (AvgIpc) is 2.98. The van der Waals surface area contributed by atoms with E-state index in [0.717, 1.165) is 33.7 Å². The molecule has 6 nitrogen and oxygen atoms in total. The molecule has 124 valence electrons. The molecule has 2 heterocycles. The molecular weight excluding hydrogens is 304 g/mol. The minimum absolute atomic E-state index is 0.0916. The molecule has 1 aromatic carbocycles. The molecule has 0 radical (unpaired) electrons. The number of aryl methyl sites for hydroxylation is 1. The predicted molar refractivity (Wildman–Crippen MR) is 92.9 cm³/mol. The molecule has 0 saturated heterocycles.